The van der Waals surface area contributed by atoms with Gasteiger partial charge in [0.15, 0.2) is 0 Å². The number of hydrogen-bond donors (Lipinski definition) is 0. The van der Waals surface area contributed by atoms with Gasteiger partial charge in [-0.1, -0.05) is 23.7 Å². The molecule has 0 bridgehead atoms. The van der Waals surface area contributed by atoms with Crippen LogP contribution < -0.4 is 0 Å². The van der Waals surface area contributed by atoms with E-state index in [2.05, 4.69) is 18.4 Å². The zero-order chi connectivity index (χ0) is 13.8. The van der Waals surface area contributed by atoms with Crippen LogP contribution in [0.15, 0.2) is 35.7 Å². The maximum atomic E-state index is 12.1. The van der Waals surface area contributed by atoms with E-state index in [9.17, 15) is 4.79 Å². The van der Waals surface area contributed by atoms with Crippen molar-refractivity contribution in [2.75, 3.05) is 7.05 Å². The van der Waals surface area contributed by atoms with E-state index in [0.717, 1.165) is 5.56 Å². The molecule has 0 atom stereocenters. The van der Waals surface area contributed by atoms with Gasteiger partial charge in [0.25, 0.3) is 0 Å². The van der Waals surface area contributed by atoms with Crippen molar-refractivity contribution in [3.05, 3.63) is 56.7 Å². The molecule has 0 radical (unpaired) electrons. The molecule has 0 saturated carbocycles. The maximum absolute atomic E-state index is 12.1. The smallest absolute Gasteiger partial charge is 0.227 e. The van der Waals surface area contributed by atoms with Gasteiger partial charge in [0.05, 0.1) is 13.0 Å². The summed E-state index contributed by atoms with van der Waals surface area (Å²) in [5, 5.41) is 2.75. The Morgan fingerprint density at radius 1 is 1.26 bits per heavy atom. The van der Waals surface area contributed by atoms with Crippen LogP contribution in [0.3, 0.4) is 0 Å². The van der Waals surface area contributed by atoms with Gasteiger partial charge in [-0.25, -0.2) is 0 Å². The number of thiophene rings is 1. The molecule has 0 aliphatic heterocycles. The standard InChI is InChI=1S/C15H16ClNOS/c1-11-7-8-19-14(11)10-17(2)15(18)9-12-3-5-13(16)6-4-12/h3-8H,9-10H2,1-2H3. The van der Waals surface area contributed by atoms with Crippen molar-refractivity contribution in [1.82, 2.24) is 4.90 Å². The third-order valence-electron chi connectivity index (χ3n) is 3.04. The lowest BCUT2D eigenvalue weighted by Gasteiger charge is -2.17. The normalized spacial score (nSPS) is 10.5. The molecule has 2 rings (SSSR count). The molecule has 0 unspecified atom stereocenters. The van der Waals surface area contributed by atoms with E-state index in [-0.39, 0.29) is 5.91 Å². The van der Waals surface area contributed by atoms with E-state index in [1.807, 2.05) is 31.3 Å². The third kappa shape index (κ3) is 3.82. The number of hydrogen-bond acceptors (Lipinski definition) is 2. The number of amides is 1. The Labute approximate surface area is 122 Å². The minimum atomic E-state index is 0.120. The van der Waals surface area contributed by atoms with Crippen LogP contribution in [0.25, 0.3) is 0 Å². The zero-order valence-corrected chi connectivity index (χ0v) is 12.6. The number of likely N-dealkylation sites (N-methyl/N-ethyl adjacent to an activating group) is 1. The summed E-state index contributed by atoms with van der Waals surface area (Å²) in [5.74, 6) is 0.120. The molecule has 0 aliphatic rings. The second kappa shape index (κ2) is 6.22. The average molecular weight is 294 g/mol. The molecule has 19 heavy (non-hydrogen) atoms. The Kier molecular flexibility index (Phi) is 4.61. The quantitative estimate of drug-likeness (QED) is 0.837. The van der Waals surface area contributed by atoms with Crippen LogP contribution in [0.1, 0.15) is 16.0 Å². The summed E-state index contributed by atoms with van der Waals surface area (Å²) in [6.07, 6.45) is 0.415. The van der Waals surface area contributed by atoms with E-state index in [4.69, 9.17) is 11.6 Å². The molecule has 4 heteroatoms. The van der Waals surface area contributed by atoms with Crippen molar-refractivity contribution in [2.24, 2.45) is 0 Å². The van der Waals surface area contributed by atoms with Gasteiger partial charge in [0, 0.05) is 16.9 Å². The molecule has 0 spiro atoms. The van der Waals surface area contributed by atoms with Gasteiger partial charge >= 0.3 is 0 Å². The number of carbonyl (C=O) groups excluding carboxylic acids is 1. The monoisotopic (exact) mass is 293 g/mol. The molecule has 0 aliphatic carbocycles. The Bertz CT molecular complexity index is 562. The minimum Gasteiger partial charge on any atom is -0.340 e. The maximum Gasteiger partial charge on any atom is 0.227 e. The van der Waals surface area contributed by atoms with Gasteiger partial charge in [0.2, 0.25) is 5.91 Å². The van der Waals surface area contributed by atoms with Crippen LogP contribution in [-0.4, -0.2) is 17.9 Å². The van der Waals surface area contributed by atoms with Crippen molar-refractivity contribution < 1.29 is 4.79 Å². The fourth-order valence-corrected chi connectivity index (χ4v) is 2.87. The van der Waals surface area contributed by atoms with Gasteiger partial charge in [-0.15, -0.1) is 11.3 Å². The molecule has 1 amide bonds. The minimum absolute atomic E-state index is 0.120. The summed E-state index contributed by atoms with van der Waals surface area (Å²) in [4.78, 5) is 15.1. The fourth-order valence-electron chi connectivity index (χ4n) is 1.78. The lowest BCUT2D eigenvalue weighted by atomic mass is 10.1. The summed E-state index contributed by atoms with van der Waals surface area (Å²) >= 11 is 7.52. The molecular formula is C15H16ClNOS. The first-order chi connectivity index (χ1) is 9.06. The molecule has 2 nitrogen and oxygen atoms in total. The van der Waals surface area contributed by atoms with Crippen LogP contribution >= 0.6 is 22.9 Å². The van der Waals surface area contributed by atoms with Gasteiger partial charge in [-0.2, -0.15) is 0 Å². The Morgan fingerprint density at radius 3 is 2.53 bits per heavy atom. The molecule has 100 valence electrons. The highest BCUT2D eigenvalue weighted by Crippen LogP contribution is 2.18. The van der Waals surface area contributed by atoms with E-state index in [0.29, 0.717) is 18.0 Å². The van der Waals surface area contributed by atoms with E-state index < -0.39 is 0 Å². The van der Waals surface area contributed by atoms with Gasteiger partial charge in [-0.05, 0) is 41.6 Å². The first-order valence-electron chi connectivity index (χ1n) is 6.07. The number of rotatable bonds is 4. The van der Waals surface area contributed by atoms with Crippen LogP contribution in [-0.2, 0) is 17.8 Å². The van der Waals surface area contributed by atoms with Crippen LogP contribution in [0.4, 0.5) is 0 Å². The van der Waals surface area contributed by atoms with Crippen molar-refractivity contribution in [1.29, 1.82) is 0 Å². The lowest BCUT2D eigenvalue weighted by molar-refractivity contribution is -0.129. The topological polar surface area (TPSA) is 20.3 Å². The Balaban J connectivity index is 1.96. The molecule has 0 N–H and O–H groups in total. The average Bonchev–Trinajstić information content (AvgIpc) is 2.78. The number of benzene rings is 1. The van der Waals surface area contributed by atoms with Gasteiger partial charge in [0.1, 0.15) is 0 Å². The molecule has 0 saturated heterocycles. The van der Waals surface area contributed by atoms with Crippen molar-refractivity contribution in [3.8, 4) is 0 Å². The zero-order valence-electron chi connectivity index (χ0n) is 11.0. The van der Waals surface area contributed by atoms with E-state index in [1.165, 1.54) is 10.4 Å². The number of carbonyl (C=O) groups is 1. The van der Waals surface area contributed by atoms with Crippen molar-refractivity contribution >= 4 is 28.8 Å². The highest BCUT2D eigenvalue weighted by Gasteiger charge is 2.11. The number of aryl methyl sites for hydroxylation is 1. The van der Waals surface area contributed by atoms with Crippen molar-refractivity contribution in [3.63, 3.8) is 0 Å². The lowest BCUT2D eigenvalue weighted by Crippen LogP contribution is -2.27. The van der Waals surface area contributed by atoms with Crippen molar-refractivity contribution in [2.45, 2.75) is 19.9 Å². The van der Waals surface area contributed by atoms with Gasteiger partial charge in [-0.3, -0.25) is 4.79 Å². The van der Waals surface area contributed by atoms with E-state index >= 15 is 0 Å². The first-order valence-corrected chi connectivity index (χ1v) is 7.33. The summed E-state index contributed by atoms with van der Waals surface area (Å²) < 4.78 is 0. The SMILES string of the molecule is Cc1ccsc1CN(C)C(=O)Cc1ccc(Cl)cc1. The van der Waals surface area contributed by atoms with Gasteiger partial charge < -0.3 is 4.90 Å². The Hall–Kier alpha value is -1.32. The van der Waals surface area contributed by atoms with Crippen LogP contribution in [0.5, 0.6) is 0 Å². The number of halogens is 1. The fraction of sp³-hybridized carbons (Fsp3) is 0.267. The predicted octanol–water partition coefficient (Wildman–Crippen LogP) is 3.91. The van der Waals surface area contributed by atoms with Crippen LogP contribution in [0.2, 0.25) is 5.02 Å². The summed E-state index contributed by atoms with van der Waals surface area (Å²) in [6, 6.07) is 9.49. The molecule has 1 aromatic heterocycles. The predicted molar refractivity (Wildman–Crippen MR) is 80.7 cm³/mol. The highest BCUT2D eigenvalue weighted by molar-refractivity contribution is 7.10. The first kappa shape index (κ1) is 14.1. The molecular weight excluding hydrogens is 278 g/mol. The molecule has 0 fully saturated rings. The summed E-state index contributed by atoms with van der Waals surface area (Å²) in [6.45, 7) is 2.75. The van der Waals surface area contributed by atoms with Crippen LogP contribution in [0, 0.1) is 6.92 Å². The largest absolute Gasteiger partial charge is 0.340 e. The second-order valence-electron chi connectivity index (χ2n) is 4.58. The van der Waals surface area contributed by atoms with E-state index in [1.54, 1.807) is 16.2 Å². The highest BCUT2D eigenvalue weighted by atomic mass is 35.5. The third-order valence-corrected chi connectivity index (χ3v) is 4.30. The molecule has 1 aromatic carbocycles. The molecule has 1 heterocycles. The number of nitrogens with zero attached hydrogens (tertiary/aromatic N) is 1. The summed E-state index contributed by atoms with van der Waals surface area (Å²) in [5.41, 5.74) is 2.24. The summed E-state index contributed by atoms with van der Waals surface area (Å²) in [7, 11) is 1.84. The molecule has 2 aromatic rings. The second-order valence-corrected chi connectivity index (χ2v) is 6.02. The Morgan fingerprint density at radius 2 is 1.95 bits per heavy atom.